The van der Waals surface area contributed by atoms with Gasteiger partial charge in [0.2, 0.25) is 0 Å². The van der Waals surface area contributed by atoms with Gasteiger partial charge >= 0.3 is 0 Å². The van der Waals surface area contributed by atoms with Crippen molar-refractivity contribution in [1.82, 2.24) is 4.98 Å². The van der Waals surface area contributed by atoms with Crippen LogP contribution in [-0.4, -0.2) is 24.0 Å². The Morgan fingerprint density at radius 1 is 1.50 bits per heavy atom. The lowest BCUT2D eigenvalue weighted by atomic mass is 10.2. The van der Waals surface area contributed by atoms with Gasteiger partial charge in [0.1, 0.15) is 18.9 Å². The number of hydrogen-bond donors (Lipinski definition) is 0. The van der Waals surface area contributed by atoms with Crippen molar-refractivity contribution in [3.63, 3.8) is 0 Å². The van der Waals surface area contributed by atoms with E-state index in [0.717, 1.165) is 6.07 Å². The average molecular weight is 197 g/mol. The van der Waals surface area contributed by atoms with E-state index in [1.54, 1.807) is 0 Å². The van der Waals surface area contributed by atoms with E-state index in [-0.39, 0.29) is 17.3 Å². The molecule has 0 fully saturated rings. The van der Waals surface area contributed by atoms with Crippen LogP contribution < -0.4 is 9.47 Å². The maximum absolute atomic E-state index is 13.2. The molecule has 0 bridgehead atoms. The molecule has 1 aliphatic heterocycles. The third-order valence-corrected chi connectivity index (χ3v) is 1.82. The molecule has 0 N–H and O–H groups in total. The molecule has 0 saturated heterocycles. The van der Waals surface area contributed by atoms with E-state index >= 15 is 0 Å². The summed E-state index contributed by atoms with van der Waals surface area (Å²) < 4.78 is 23.4. The smallest absolute Gasteiger partial charge is 0.258 e. The summed E-state index contributed by atoms with van der Waals surface area (Å²) in [5.41, 5.74) is -0.214. The second kappa shape index (κ2) is 3.25. The van der Waals surface area contributed by atoms with Crippen LogP contribution in [-0.2, 0) is 0 Å². The lowest BCUT2D eigenvalue weighted by Gasteiger charge is -2.17. The summed E-state index contributed by atoms with van der Waals surface area (Å²) in [5, 5.41) is 0. The molecule has 0 spiro atoms. The number of nitrogens with zero attached hydrogens (tertiary/aromatic N) is 1. The van der Waals surface area contributed by atoms with Crippen LogP contribution in [0.1, 0.15) is 17.4 Å². The van der Waals surface area contributed by atoms with Gasteiger partial charge in [0.15, 0.2) is 17.3 Å². The predicted octanol–water partition coefficient (Wildman–Crippen LogP) is 1.19. The highest BCUT2D eigenvalue weighted by Crippen LogP contribution is 2.29. The van der Waals surface area contributed by atoms with Crippen LogP contribution in [0.25, 0.3) is 0 Å². The fourth-order valence-electron chi connectivity index (χ4n) is 1.20. The molecule has 0 aromatic carbocycles. The van der Waals surface area contributed by atoms with Gasteiger partial charge < -0.3 is 9.47 Å². The number of carbonyl (C=O) groups excluding carboxylic acids is 1. The number of fused-ring (bicyclic) bond motifs is 1. The zero-order chi connectivity index (χ0) is 10.1. The number of aromatic nitrogens is 1. The Kier molecular flexibility index (Phi) is 2.07. The van der Waals surface area contributed by atoms with Gasteiger partial charge in [0, 0.05) is 13.0 Å². The van der Waals surface area contributed by atoms with E-state index in [1.165, 1.54) is 6.92 Å². The maximum atomic E-state index is 13.2. The van der Waals surface area contributed by atoms with E-state index in [1.807, 2.05) is 0 Å². The van der Waals surface area contributed by atoms with Crippen LogP contribution in [0.2, 0.25) is 0 Å². The highest BCUT2D eigenvalue weighted by atomic mass is 19.1. The number of ether oxygens (including phenoxy) is 2. The number of pyridine rings is 1. The van der Waals surface area contributed by atoms with E-state index < -0.39 is 11.6 Å². The second-order valence-corrected chi connectivity index (χ2v) is 2.88. The average Bonchev–Trinajstić information content (AvgIpc) is 2.16. The third kappa shape index (κ3) is 1.41. The SMILES string of the molecule is CC(=O)c1nc2c(cc1F)OCCO2. The Morgan fingerprint density at radius 3 is 2.93 bits per heavy atom. The van der Waals surface area contributed by atoms with Gasteiger partial charge in [-0.1, -0.05) is 0 Å². The van der Waals surface area contributed by atoms with Crippen LogP contribution in [0, 0.1) is 5.82 Å². The molecule has 0 amide bonds. The number of hydrogen-bond acceptors (Lipinski definition) is 4. The molecule has 1 aromatic heterocycles. The van der Waals surface area contributed by atoms with E-state index in [4.69, 9.17) is 9.47 Å². The summed E-state index contributed by atoms with van der Waals surface area (Å²) in [6, 6.07) is 1.12. The van der Waals surface area contributed by atoms with Crippen molar-refractivity contribution in [2.45, 2.75) is 6.92 Å². The predicted molar refractivity (Wildman–Crippen MR) is 45.2 cm³/mol. The topological polar surface area (TPSA) is 48.4 Å². The Bertz CT molecular complexity index is 392. The molecule has 5 heteroatoms. The highest BCUT2D eigenvalue weighted by molar-refractivity contribution is 5.92. The van der Waals surface area contributed by atoms with E-state index in [0.29, 0.717) is 13.2 Å². The molecule has 1 aliphatic rings. The normalized spacial score (nSPS) is 13.9. The van der Waals surface area contributed by atoms with E-state index in [2.05, 4.69) is 4.98 Å². The monoisotopic (exact) mass is 197 g/mol. The second-order valence-electron chi connectivity index (χ2n) is 2.88. The summed E-state index contributed by atoms with van der Waals surface area (Å²) in [7, 11) is 0. The molecule has 2 heterocycles. The lowest BCUT2D eigenvalue weighted by Crippen LogP contribution is -2.18. The summed E-state index contributed by atoms with van der Waals surface area (Å²) in [6.45, 7) is 1.98. The zero-order valence-electron chi connectivity index (χ0n) is 7.54. The lowest BCUT2D eigenvalue weighted by molar-refractivity contribution is 0.1000. The van der Waals surface area contributed by atoms with Crippen LogP contribution in [0.4, 0.5) is 4.39 Å². The fraction of sp³-hybridized carbons (Fsp3) is 0.333. The van der Waals surface area contributed by atoms with Crippen molar-refractivity contribution in [1.29, 1.82) is 0 Å². The maximum Gasteiger partial charge on any atom is 0.258 e. The van der Waals surface area contributed by atoms with Crippen molar-refractivity contribution >= 4 is 5.78 Å². The molecule has 0 saturated carbocycles. The summed E-state index contributed by atoms with van der Waals surface area (Å²) in [5.74, 6) is -0.678. The number of carbonyl (C=O) groups is 1. The molecule has 0 atom stereocenters. The van der Waals surface area contributed by atoms with Gasteiger partial charge in [0.05, 0.1) is 0 Å². The Labute approximate surface area is 79.7 Å². The third-order valence-electron chi connectivity index (χ3n) is 1.82. The minimum Gasteiger partial charge on any atom is -0.484 e. The molecule has 1 aromatic rings. The van der Waals surface area contributed by atoms with Gasteiger partial charge in [-0.2, -0.15) is 0 Å². The Balaban J connectivity index is 2.50. The molecule has 0 unspecified atom stereocenters. The van der Waals surface area contributed by atoms with Gasteiger partial charge in [-0.15, -0.1) is 0 Å². The molecule has 0 radical (unpaired) electrons. The summed E-state index contributed by atoms with van der Waals surface area (Å²) in [6.07, 6.45) is 0. The van der Waals surface area contributed by atoms with Crippen LogP contribution >= 0.6 is 0 Å². The Morgan fingerprint density at radius 2 is 2.21 bits per heavy atom. The van der Waals surface area contributed by atoms with E-state index in [9.17, 15) is 9.18 Å². The minimum absolute atomic E-state index is 0.183. The highest BCUT2D eigenvalue weighted by Gasteiger charge is 2.19. The minimum atomic E-state index is -0.679. The molecule has 4 nitrogen and oxygen atoms in total. The first kappa shape index (κ1) is 8.93. The molecule has 0 aliphatic carbocycles. The molecule has 2 rings (SSSR count). The van der Waals surface area contributed by atoms with Crippen molar-refractivity contribution < 1.29 is 18.7 Å². The van der Waals surface area contributed by atoms with Crippen LogP contribution in [0.15, 0.2) is 6.07 Å². The van der Waals surface area contributed by atoms with Crippen LogP contribution in [0.3, 0.4) is 0 Å². The van der Waals surface area contributed by atoms with Crippen molar-refractivity contribution in [3.8, 4) is 11.6 Å². The molecular formula is C9H8FNO3. The molecular weight excluding hydrogens is 189 g/mol. The first-order chi connectivity index (χ1) is 6.68. The first-order valence-corrected chi connectivity index (χ1v) is 4.15. The number of halogens is 1. The quantitative estimate of drug-likeness (QED) is 0.634. The fourth-order valence-corrected chi connectivity index (χ4v) is 1.20. The Hall–Kier alpha value is -1.65. The zero-order valence-corrected chi connectivity index (χ0v) is 7.54. The van der Waals surface area contributed by atoms with Gasteiger partial charge in [-0.3, -0.25) is 4.79 Å². The van der Waals surface area contributed by atoms with Crippen molar-refractivity contribution in [2.24, 2.45) is 0 Å². The first-order valence-electron chi connectivity index (χ1n) is 4.15. The number of ketones is 1. The van der Waals surface area contributed by atoms with Crippen molar-refractivity contribution in [3.05, 3.63) is 17.6 Å². The molecule has 14 heavy (non-hydrogen) atoms. The number of rotatable bonds is 1. The summed E-state index contributed by atoms with van der Waals surface area (Å²) in [4.78, 5) is 14.7. The molecule has 74 valence electrons. The summed E-state index contributed by atoms with van der Waals surface area (Å²) >= 11 is 0. The largest absolute Gasteiger partial charge is 0.484 e. The van der Waals surface area contributed by atoms with Crippen molar-refractivity contribution in [2.75, 3.05) is 13.2 Å². The standard InChI is InChI=1S/C9H8FNO3/c1-5(12)8-6(10)4-7-9(11-8)14-3-2-13-7/h4H,2-3H2,1H3. The van der Waals surface area contributed by atoms with Gasteiger partial charge in [-0.25, -0.2) is 9.37 Å². The number of Topliss-reactive ketones (excluding diaryl/α,β-unsaturated/α-hetero) is 1. The van der Waals surface area contributed by atoms with Gasteiger partial charge in [-0.05, 0) is 0 Å². The van der Waals surface area contributed by atoms with Gasteiger partial charge in [0.25, 0.3) is 5.88 Å². The van der Waals surface area contributed by atoms with Crippen LogP contribution in [0.5, 0.6) is 11.6 Å².